The summed E-state index contributed by atoms with van der Waals surface area (Å²) >= 11 is 0. The number of nitrogens with one attached hydrogen (secondary N) is 1. The van der Waals surface area contributed by atoms with Crippen molar-refractivity contribution >= 4 is 11.8 Å². The third kappa shape index (κ3) is 3.77. The molecule has 7 heteroatoms. The van der Waals surface area contributed by atoms with Crippen molar-refractivity contribution in [2.24, 2.45) is 5.92 Å². The molecular weight excluding hydrogens is 344 g/mol. The first-order valence-corrected chi connectivity index (χ1v) is 10.2. The summed E-state index contributed by atoms with van der Waals surface area (Å²) in [5, 5.41) is 7.79. The molecule has 2 amide bonds. The number of rotatable bonds is 3. The molecule has 146 valence electrons. The molecule has 0 radical (unpaired) electrons. The number of aryl methyl sites for hydroxylation is 2. The predicted octanol–water partition coefficient (Wildman–Crippen LogP) is 1.20. The van der Waals surface area contributed by atoms with Crippen LogP contribution < -0.4 is 10.9 Å². The van der Waals surface area contributed by atoms with E-state index in [0.29, 0.717) is 13.0 Å². The molecule has 1 saturated carbocycles. The van der Waals surface area contributed by atoms with Gasteiger partial charge in [0.1, 0.15) is 0 Å². The lowest BCUT2D eigenvalue weighted by molar-refractivity contribution is -0.128. The molecular formula is C20H28N4O3. The first-order chi connectivity index (χ1) is 13.0. The summed E-state index contributed by atoms with van der Waals surface area (Å²) in [6, 6.07) is 2.03. The topological polar surface area (TPSA) is 84.3 Å². The van der Waals surface area contributed by atoms with Gasteiger partial charge in [-0.25, -0.2) is 4.68 Å². The summed E-state index contributed by atoms with van der Waals surface area (Å²) in [5.41, 5.74) is 2.22. The third-order valence-electron chi connectivity index (χ3n) is 6.33. The Hall–Kier alpha value is -2.18. The minimum Gasteiger partial charge on any atom is -0.353 e. The summed E-state index contributed by atoms with van der Waals surface area (Å²) in [5.74, 6) is -0.206. The maximum absolute atomic E-state index is 12.5. The highest BCUT2D eigenvalue weighted by Gasteiger charge is 2.34. The van der Waals surface area contributed by atoms with Crippen molar-refractivity contribution in [3.63, 3.8) is 0 Å². The van der Waals surface area contributed by atoms with Crippen LogP contribution in [0.25, 0.3) is 0 Å². The maximum Gasteiger partial charge on any atom is 0.267 e. The lowest BCUT2D eigenvalue weighted by Gasteiger charge is -2.30. The Labute approximate surface area is 159 Å². The maximum atomic E-state index is 12.5. The molecule has 1 unspecified atom stereocenters. The second-order valence-corrected chi connectivity index (χ2v) is 8.30. The van der Waals surface area contributed by atoms with Crippen LogP contribution in [0, 0.1) is 5.92 Å². The highest BCUT2D eigenvalue weighted by atomic mass is 16.2. The van der Waals surface area contributed by atoms with Crippen LogP contribution in [0.3, 0.4) is 0 Å². The van der Waals surface area contributed by atoms with Crippen molar-refractivity contribution in [1.29, 1.82) is 0 Å². The molecule has 1 saturated heterocycles. The van der Waals surface area contributed by atoms with E-state index in [2.05, 4.69) is 10.4 Å². The summed E-state index contributed by atoms with van der Waals surface area (Å²) in [6.45, 7) is 0.508. The molecule has 27 heavy (non-hydrogen) atoms. The second-order valence-electron chi connectivity index (χ2n) is 8.30. The minimum atomic E-state index is -0.231. The zero-order valence-electron chi connectivity index (χ0n) is 15.9. The van der Waals surface area contributed by atoms with Crippen molar-refractivity contribution < 1.29 is 9.59 Å². The van der Waals surface area contributed by atoms with E-state index in [1.165, 1.54) is 0 Å². The number of amides is 2. The lowest BCUT2D eigenvalue weighted by Crippen LogP contribution is -2.42. The average molecular weight is 372 g/mol. The van der Waals surface area contributed by atoms with Gasteiger partial charge in [0.05, 0.1) is 17.7 Å². The van der Waals surface area contributed by atoms with E-state index in [-0.39, 0.29) is 35.4 Å². The first kappa shape index (κ1) is 18.2. The van der Waals surface area contributed by atoms with Gasteiger partial charge in [0.15, 0.2) is 0 Å². The third-order valence-corrected chi connectivity index (χ3v) is 6.33. The Balaban J connectivity index is 1.35. The Kier molecular flexibility index (Phi) is 5.02. The Morgan fingerprint density at radius 1 is 1.15 bits per heavy atom. The highest BCUT2D eigenvalue weighted by molar-refractivity contribution is 5.89. The number of carbonyl (C=O) groups excluding carboxylic acids is 2. The molecule has 1 atom stereocenters. The van der Waals surface area contributed by atoms with Crippen LogP contribution in [0.1, 0.15) is 62.2 Å². The van der Waals surface area contributed by atoms with Gasteiger partial charge in [-0.2, -0.15) is 5.10 Å². The molecule has 2 heterocycles. The average Bonchev–Trinajstić information content (AvgIpc) is 3.01. The van der Waals surface area contributed by atoms with Crippen molar-refractivity contribution in [1.82, 2.24) is 20.0 Å². The van der Waals surface area contributed by atoms with Crippen molar-refractivity contribution in [3.8, 4) is 0 Å². The van der Waals surface area contributed by atoms with Gasteiger partial charge in [0.25, 0.3) is 5.56 Å². The quantitative estimate of drug-likeness (QED) is 0.864. The van der Waals surface area contributed by atoms with E-state index in [9.17, 15) is 14.4 Å². The molecule has 2 aliphatic carbocycles. The summed E-state index contributed by atoms with van der Waals surface area (Å²) in [6.07, 6.45) is 7.93. The van der Waals surface area contributed by atoms with Crippen LogP contribution >= 0.6 is 0 Å². The zero-order valence-corrected chi connectivity index (χ0v) is 15.9. The number of carbonyl (C=O) groups is 2. The number of hydrogen-bond acceptors (Lipinski definition) is 4. The molecule has 3 aliphatic rings. The van der Waals surface area contributed by atoms with E-state index in [1.54, 1.807) is 22.7 Å². The van der Waals surface area contributed by atoms with Gasteiger partial charge >= 0.3 is 0 Å². The molecule has 4 rings (SSSR count). The van der Waals surface area contributed by atoms with Gasteiger partial charge in [-0.1, -0.05) is 0 Å². The summed E-state index contributed by atoms with van der Waals surface area (Å²) < 4.78 is 1.69. The second kappa shape index (κ2) is 7.44. The largest absolute Gasteiger partial charge is 0.353 e. The summed E-state index contributed by atoms with van der Waals surface area (Å²) in [4.78, 5) is 38.1. The highest BCUT2D eigenvalue weighted by Crippen LogP contribution is 2.28. The van der Waals surface area contributed by atoms with Gasteiger partial charge in [0.2, 0.25) is 11.8 Å². The fourth-order valence-electron chi connectivity index (χ4n) is 4.66. The van der Waals surface area contributed by atoms with Crippen LogP contribution in [0.5, 0.6) is 0 Å². The minimum absolute atomic E-state index is 0.00985. The van der Waals surface area contributed by atoms with Crippen LogP contribution in [0.15, 0.2) is 10.9 Å². The van der Waals surface area contributed by atoms with Gasteiger partial charge in [-0.3, -0.25) is 14.4 Å². The molecule has 2 fully saturated rings. The number of nitrogens with zero attached hydrogens (tertiary/aromatic N) is 3. The molecule has 1 aromatic heterocycles. The van der Waals surface area contributed by atoms with E-state index in [1.807, 2.05) is 0 Å². The van der Waals surface area contributed by atoms with E-state index < -0.39 is 0 Å². The normalized spacial score (nSPS) is 28.1. The van der Waals surface area contributed by atoms with Crippen LogP contribution in [0.2, 0.25) is 0 Å². The molecule has 1 aromatic rings. The zero-order chi connectivity index (χ0) is 19.0. The van der Waals surface area contributed by atoms with Gasteiger partial charge in [0, 0.05) is 32.1 Å². The molecule has 0 bridgehead atoms. The Morgan fingerprint density at radius 2 is 1.89 bits per heavy atom. The monoisotopic (exact) mass is 372 g/mol. The SMILES string of the molecule is CN1CC(C(=O)NC2CCC(n3nc4c(cc3=O)CCCC4)CC2)CC1=O. The van der Waals surface area contributed by atoms with Crippen LogP contribution in [-0.2, 0) is 22.4 Å². The number of hydrogen-bond donors (Lipinski definition) is 1. The first-order valence-electron chi connectivity index (χ1n) is 10.2. The molecule has 0 spiro atoms. The Morgan fingerprint density at radius 3 is 2.59 bits per heavy atom. The summed E-state index contributed by atoms with van der Waals surface area (Å²) in [7, 11) is 1.74. The molecule has 7 nitrogen and oxygen atoms in total. The molecule has 0 aromatic carbocycles. The van der Waals surface area contributed by atoms with Gasteiger partial charge < -0.3 is 10.2 Å². The predicted molar refractivity (Wildman–Crippen MR) is 100 cm³/mol. The van der Waals surface area contributed by atoms with Gasteiger partial charge in [-0.15, -0.1) is 0 Å². The van der Waals surface area contributed by atoms with Crippen LogP contribution in [0.4, 0.5) is 0 Å². The van der Waals surface area contributed by atoms with Gasteiger partial charge in [-0.05, 0) is 56.9 Å². The fraction of sp³-hybridized carbons (Fsp3) is 0.700. The fourth-order valence-corrected chi connectivity index (χ4v) is 4.66. The number of likely N-dealkylation sites (tertiary alicyclic amines) is 1. The van der Waals surface area contributed by atoms with Crippen molar-refractivity contribution in [2.45, 2.75) is 69.9 Å². The smallest absolute Gasteiger partial charge is 0.267 e. The van der Waals surface area contributed by atoms with Crippen LogP contribution in [-0.4, -0.2) is 46.1 Å². The van der Waals surface area contributed by atoms with E-state index >= 15 is 0 Å². The molecule has 1 N–H and O–H groups in total. The molecule has 1 aliphatic heterocycles. The van der Waals surface area contributed by atoms with E-state index in [0.717, 1.165) is 62.6 Å². The van der Waals surface area contributed by atoms with Crippen molar-refractivity contribution in [3.05, 3.63) is 27.7 Å². The lowest BCUT2D eigenvalue weighted by atomic mass is 9.90. The Bertz CT molecular complexity index is 795. The number of aromatic nitrogens is 2. The standard InChI is InChI=1S/C20H28N4O3/c1-23-12-14(11-18(23)25)20(27)21-15-6-8-16(9-7-15)24-19(26)10-13-4-2-3-5-17(13)22-24/h10,14-16H,2-9,11-12H2,1H3,(H,21,27). The van der Waals surface area contributed by atoms with Crippen molar-refractivity contribution in [2.75, 3.05) is 13.6 Å². The van der Waals surface area contributed by atoms with E-state index in [4.69, 9.17) is 0 Å². The number of fused-ring (bicyclic) bond motifs is 1.